The fourth-order valence-electron chi connectivity index (χ4n) is 1.79. The molecule has 0 N–H and O–H groups in total. The molecule has 2 aromatic carbocycles. The van der Waals surface area contributed by atoms with Crippen LogP contribution in [0.1, 0.15) is 21.5 Å². The lowest BCUT2D eigenvalue weighted by atomic mass is 10.0. The highest BCUT2D eigenvalue weighted by Crippen LogP contribution is 2.35. The molecule has 2 aromatic rings. The summed E-state index contributed by atoms with van der Waals surface area (Å²) < 4.78 is 38.4. The molecule has 0 spiro atoms. The Morgan fingerprint density at radius 3 is 2.23 bits per heavy atom. The third kappa shape index (κ3) is 3.60. The molecule has 0 radical (unpaired) electrons. The van der Waals surface area contributed by atoms with Gasteiger partial charge >= 0.3 is 6.18 Å². The van der Waals surface area contributed by atoms with Crippen molar-refractivity contribution in [3.05, 3.63) is 64.2 Å². The Morgan fingerprint density at radius 1 is 1.09 bits per heavy atom. The molecule has 0 aliphatic heterocycles. The summed E-state index contributed by atoms with van der Waals surface area (Å²) in [5.74, 6) is -0.542. The summed E-state index contributed by atoms with van der Waals surface area (Å²) in [6, 6.07) is 9.00. The van der Waals surface area contributed by atoms with E-state index in [1.54, 1.807) is 0 Å². The average molecular weight is 342 g/mol. The summed E-state index contributed by atoms with van der Waals surface area (Å²) in [5.41, 5.74) is -0.401. The van der Waals surface area contributed by atoms with Gasteiger partial charge in [0.1, 0.15) is 0 Å². The van der Waals surface area contributed by atoms with Crippen LogP contribution >= 0.6 is 23.8 Å². The van der Waals surface area contributed by atoms with Crippen LogP contribution in [0.5, 0.6) is 0 Å². The van der Waals surface area contributed by atoms with Crippen LogP contribution in [0.3, 0.4) is 0 Å². The quantitative estimate of drug-likeness (QED) is 0.429. The van der Waals surface area contributed by atoms with E-state index in [0.717, 1.165) is 12.1 Å². The van der Waals surface area contributed by atoms with Crippen molar-refractivity contribution in [3.63, 3.8) is 0 Å². The van der Waals surface area contributed by atoms with E-state index in [4.69, 9.17) is 11.6 Å². The number of hydrogen-bond acceptors (Lipinski definition) is 3. The summed E-state index contributed by atoms with van der Waals surface area (Å²) in [4.78, 5) is 16.0. The Bertz CT molecular complexity index is 765. The Labute approximate surface area is 134 Å². The van der Waals surface area contributed by atoms with Gasteiger partial charge in [-0.2, -0.15) is 18.2 Å². The van der Waals surface area contributed by atoms with Crippen LogP contribution in [-0.4, -0.2) is 10.9 Å². The summed E-state index contributed by atoms with van der Waals surface area (Å²) in [5, 5.41) is 1.73. The molecule has 22 heavy (non-hydrogen) atoms. The zero-order valence-corrected chi connectivity index (χ0v) is 12.4. The lowest BCUT2D eigenvalue weighted by Crippen LogP contribution is -2.09. The second-order valence-corrected chi connectivity index (χ2v) is 4.86. The molecule has 112 valence electrons. The van der Waals surface area contributed by atoms with Crippen molar-refractivity contribution < 1.29 is 18.0 Å². The smallest absolute Gasteiger partial charge is 0.289 e. The molecule has 0 atom stereocenters. The van der Waals surface area contributed by atoms with Gasteiger partial charge in [-0.25, -0.2) is 0 Å². The molecular weight excluding hydrogens is 335 g/mol. The lowest BCUT2D eigenvalue weighted by Gasteiger charge is -2.10. The molecule has 7 heteroatoms. The van der Waals surface area contributed by atoms with Crippen LogP contribution in [0.2, 0.25) is 5.02 Å². The first-order chi connectivity index (χ1) is 10.3. The van der Waals surface area contributed by atoms with Crippen molar-refractivity contribution in [1.29, 1.82) is 0 Å². The number of carbonyl (C=O) groups is 1. The minimum absolute atomic E-state index is 0.0946. The number of isothiocyanates is 1. The number of ketones is 1. The van der Waals surface area contributed by atoms with E-state index in [-0.39, 0.29) is 11.1 Å². The zero-order valence-electron chi connectivity index (χ0n) is 10.8. The van der Waals surface area contributed by atoms with E-state index in [1.807, 2.05) is 0 Å². The topological polar surface area (TPSA) is 29.4 Å². The third-order valence-electron chi connectivity index (χ3n) is 2.84. The molecule has 0 aliphatic rings. The molecule has 0 bridgehead atoms. The predicted molar refractivity (Wildman–Crippen MR) is 81.0 cm³/mol. The molecule has 0 fully saturated rings. The number of halogens is 4. The zero-order chi connectivity index (χ0) is 16.3. The Morgan fingerprint density at radius 2 is 1.68 bits per heavy atom. The molecule has 2 rings (SSSR count). The number of thiocarbonyl (C=S) groups is 1. The molecule has 0 heterocycles. The van der Waals surface area contributed by atoms with Crippen LogP contribution in [0.15, 0.2) is 47.5 Å². The Hall–Kier alpha value is -2.01. The maximum absolute atomic E-state index is 12.8. The maximum atomic E-state index is 12.8. The van der Waals surface area contributed by atoms with Crippen LogP contribution in [0, 0.1) is 0 Å². The summed E-state index contributed by atoms with van der Waals surface area (Å²) >= 11 is 9.98. The average Bonchev–Trinajstić information content (AvgIpc) is 2.47. The van der Waals surface area contributed by atoms with Gasteiger partial charge in [0.25, 0.3) is 0 Å². The molecule has 0 amide bonds. The minimum atomic E-state index is -4.62. The molecular formula is C15H7ClF3NOS. The van der Waals surface area contributed by atoms with Gasteiger partial charge in [0.15, 0.2) is 5.78 Å². The van der Waals surface area contributed by atoms with Crippen molar-refractivity contribution in [2.75, 3.05) is 0 Å². The van der Waals surface area contributed by atoms with Crippen LogP contribution in [0.4, 0.5) is 18.9 Å². The minimum Gasteiger partial charge on any atom is -0.289 e. The number of aliphatic imine (C=N–C) groups is 1. The van der Waals surface area contributed by atoms with Gasteiger partial charge in [-0.3, -0.25) is 4.79 Å². The van der Waals surface area contributed by atoms with E-state index >= 15 is 0 Å². The van der Waals surface area contributed by atoms with E-state index in [9.17, 15) is 18.0 Å². The number of alkyl halides is 3. The van der Waals surface area contributed by atoms with Crippen LogP contribution in [-0.2, 0) is 6.18 Å². The lowest BCUT2D eigenvalue weighted by molar-refractivity contribution is -0.137. The second-order valence-electron chi connectivity index (χ2n) is 4.27. The largest absolute Gasteiger partial charge is 0.417 e. The van der Waals surface area contributed by atoms with Gasteiger partial charge in [0.2, 0.25) is 0 Å². The fourth-order valence-corrected chi connectivity index (χ4v) is 2.12. The highest BCUT2D eigenvalue weighted by Gasteiger charge is 2.33. The molecule has 2 nitrogen and oxygen atoms in total. The van der Waals surface area contributed by atoms with Crippen molar-refractivity contribution in [2.24, 2.45) is 4.99 Å². The first kappa shape index (κ1) is 16.4. The normalized spacial score (nSPS) is 10.9. The van der Waals surface area contributed by atoms with E-state index in [1.165, 1.54) is 30.3 Å². The van der Waals surface area contributed by atoms with Crippen molar-refractivity contribution in [1.82, 2.24) is 0 Å². The Balaban J connectivity index is 2.39. The van der Waals surface area contributed by atoms with E-state index in [2.05, 4.69) is 22.4 Å². The summed E-state index contributed by atoms with van der Waals surface area (Å²) in [6.45, 7) is 0. The number of carbonyl (C=O) groups excluding carboxylic acids is 1. The van der Waals surface area contributed by atoms with Crippen molar-refractivity contribution in [3.8, 4) is 0 Å². The number of nitrogens with zero attached hydrogens (tertiary/aromatic N) is 1. The SMILES string of the molecule is O=C(c1ccc(N=C=S)cc1)c1ccc(Cl)c(C(F)(F)F)c1. The van der Waals surface area contributed by atoms with Gasteiger partial charge in [-0.1, -0.05) is 11.6 Å². The van der Waals surface area contributed by atoms with E-state index < -0.39 is 22.5 Å². The van der Waals surface area contributed by atoms with Crippen LogP contribution in [0.25, 0.3) is 0 Å². The molecule has 0 saturated carbocycles. The fraction of sp³-hybridized carbons (Fsp3) is 0.0667. The van der Waals surface area contributed by atoms with Crippen LogP contribution < -0.4 is 0 Å². The molecule has 0 unspecified atom stereocenters. The number of benzene rings is 2. The third-order valence-corrected chi connectivity index (χ3v) is 3.26. The van der Waals surface area contributed by atoms with Gasteiger partial charge in [-0.15, -0.1) is 0 Å². The molecule has 0 aliphatic carbocycles. The summed E-state index contributed by atoms with van der Waals surface area (Å²) in [6.07, 6.45) is -4.62. The highest BCUT2D eigenvalue weighted by atomic mass is 35.5. The predicted octanol–water partition coefficient (Wildman–Crippen LogP) is 5.32. The Kier molecular flexibility index (Phi) is 4.76. The second kappa shape index (κ2) is 6.40. The van der Waals surface area contributed by atoms with Gasteiger partial charge in [0.05, 0.1) is 21.4 Å². The van der Waals surface area contributed by atoms with Gasteiger partial charge < -0.3 is 0 Å². The highest BCUT2D eigenvalue weighted by molar-refractivity contribution is 7.78. The molecule has 0 saturated heterocycles. The maximum Gasteiger partial charge on any atom is 0.417 e. The molecule has 0 aromatic heterocycles. The monoisotopic (exact) mass is 341 g/mol. The standard InChI is InChI=1S/C15H7ClF3NOS/c16-13-6-3-10(7-12(13)15(17,18)19)14(21)9-1-4-11(5-2-9)20-8-22/h1-7H. The van der Waals surface area contributed by atoms with Crippen molar-refractivity contribution in [2.45, 2.75) is 6.18 Å². The number of rotatable bonds is 3. The van der Waals surface area contributed by atoms with Gasteiger partial charge in [0, 0.05) is 11.1 Å². The van der Waals surface area contributed by atoms with E-state index in [0.29, 0.717) is 5.69 Å². The number of hydrogen-bond donors (Lipinski definition) is 0. The summed E-state index contributed by atoms with van der Waals surface area (Å²) in [7, 11) is 0. The van der Waals surface area contributed by atoms with Crippen molar-refractivity contribution >= 4 is 40.5 Å². The first-order valence-corrected chi connectivity index (χ1v) is 6.71. The van der Waals surface area contributed by atoms with Gasteiger partial charge in [-0.05, 0) is 54.7 Å². The first-order valence-electron chi connectivity index (χ1n) is 5.92.